The molecule has 2 amide bonds. The van der Waals surface area contributed by atoms with E-state index in [1.165, 1.54) is 24.3 Å². The summed E-state index contributed by atoms with van der Waals surface area (Å²) >= 11 is 0. The summed E-state index contributed by atoms with van der Waals surface area (Å²) in [6, 6.07) is 3.18. The molecule has 2 fully saturated rings. The number of carboxylic acids is 2. The highest BCUT2D eigenvalue weighted by Gasteiger charge is 2.58. The fraction of sp³-hybridized carbons (Fsp3) is 0.600. The van der Waals surface area contributed by atoms with Gasteiger partial charge in [0.15, 0.2) is 11.6 Å². The van der Waals surface area contributed by atoms with Crippen LogP contribution in [0, 0.1) is 11.8 Å². The summed E-state index contributed by atoms with van der Waals surface area (Å²) < 4.78 is 0. The molecule has 0 aromatic heterocycles. The van der Waals surface area contributed by atoms with Crippen LogP contribution < -0.4 is 11.5 Å². The number of ketones is 2. The van der Waals surface area contributed by atoms with Crippen molar-refractivity contribution in [3.8, 4) is 0 Å². The molecule has 230 valence electrons. The van der Waals surface area contributed by atoms with Gasteiger partial charge in [-0.15, -0.1) is 0 Å². The number of carbonyl (C=O) groups is 6. The zero-order valence-corrected chi connectivity index (χ0v) is 24.7. The van der Waals surface area contributed by atoms with Crippen LogP contribution in [0.15, 0.2) is 24.3 Å². The molecule has 0 unspecified atom stereocenters. The van der Waals surface area contributed by atoms with Crippen LogP contribution in [0.25, 0.3) is 0 Å². The van der Waals surface area contributed by atoms with Gasteiger partial charge in [-0.1, -0.05) is 27.7 Å². The van der Waals surface area contributed by atoms with Crippen molar-refractivity contribution in [3.63, 3.8) is 0 Å². The lowest BCUT2D eigenvalue weighted by Crippen LogP contribution is -2.63. The highest BCUT2D eigenvalue weighted by molar-refractivity contribution is 6.15. The van der Waals surface area contributed by atoms with Gasteiger partial charge in [-0.3, -0.25) is 19.2 Å². The number of hydrogen-bond acceptors (Lipinski definition) is 8. The molecule has 42 heavy (non-hydrogen) atoms. The molecule has 2 aliphatic rings. The molecule has 6 N–H and O–H groups in total. The van der Waals surface area contributed by atoms with E-state index in [2.05, 4.69) is 0 Å². The quantitative estimate of drug-likeness (QED) is 0.261. The van der Waals surface area contributed by atoms with Gasteiger partial charge in [0, 0.05) is 24.2 Å². The fourth-order valence-corrected chi connectivity index (χ4v) is 6.27. The van der Waals surface area contributed by atoms with Gasteiger partial charge in [-0.25, -0.2) is 9.59 Å². The second-order valence-corrected chi connectivity index (χ2v) is 12.2. The zero-order valence-electron chi connectivity index (χ0n) is 24.7. The molecule has 12 nitrogen and oxygen atoms in total. The van der Waals surface area contributed by atoms with Crippen molar-refractivity contribution in [2.45, 2.75) is 89.4 Å². The van der Waals surface area contributed by atoms with Crippen molar-refractivity contribution in [2.24, 2.45) is 23.3 Å². The lowest BCUT2D eigenvalue weighted by atomic mass is 9.83. The van der Waals surface area contributed by atoms with Crippen LogP contribution in [0.4, 0.5) is 0 Å². The molecule has 1 aromatic carbocycles. The second kappa shape index (κ2) is 12.7. The highest BCUT2D eigenvalue weighted by Crippen LogP contribution is 2.36. The minimum absolute atomic E-state index is 0.0413. The number of aliphatic carboxylic acids is 2. The molecule has 2 saturated heterocycles. The van der Waals surface area contributed by atoms with Crippen LogP contribution in [-0.2, 0) is 19.2 Å². The SMILES string of the molecule is CC(C)C[C@H](N)C(=O)[C@@]1(C(=O)O)CCCN1C(=O)c1ccc(C(=O)N2CCC[C@]2(C(=O)O)C(=O)[C@@H](N)CC(C)C)cc1. The van der Waals surface area contributed by atoms with Gasteiger partial charge in [-0.2, -0.15) is 0 Å². The third-order valence-corrected chi connectivity index (χ3v) is 8.28. The van der Waals surface area contributed by atoms with Gasteiger partial charge in [-0.05, 0) is 74.6 Å². The molecular formula is C30H42N4O8. The van der Waals surface area contributed by atoms with Crippen LogP contribution in [0.2, 0.25) is 0 Å². The van der Waals surface area contributed by atoms with Crippen LogP contribution in [0.5, 0.6) is 0 Å². The lowest BCUT2D eigenvalue weighted by Gasteiger charge is -2.36. The van der Waals surface area contributed by atoms with Gasteiger partial charge >= 0.3 is 11.9 Å². The Bertz CT molecular complexity index is 1150. The van der Waals surface area contributed by atoms with Crippen LogP contribution in [-0.4, -0.2) is 91.6 Å². The van der Waals surface area contributed by atoms with Crippen molar-refractivity contribution < 1.29 is 39.0 Å². The van der Waals surface area contributed by atoms with Gasteiger partial charge in [0.1, 0.15) is 0 Å². The van der Waals surface area contributed by atoms with Crippen molar-refractivity contribution >= 4 is 35.3 Å². The number of likely N-dealkylation sites (tertiary alicyclic amines) is 2. The summed E-state index contributed by atoms with van der Waals surface area (Å²) in [6.07, 6.45) is 1.02. The molecule has 0 radical (unpaired) electrons. The smallest absolute Gasteiger partial charge is 0.337 e. The van der Waals surface area contributed by atoms with E-state index < -0.39 is 58.5 Å². The Labute approximate surface area is 245 Å². The van der Waals surface area contributed by atoms with E-state index in [4.69, 9.17) is 11.5 Å². The summed E-state index contributed by atoms with van der Waals surface area (Å²) in [5, 5.41) is 20.3. The number of carbonyl (C=O) groups excluding carboxylic acids is 4. The maximum atomic E-state index is 13.5. The Hall–Kier alpha value is -3.64. The Morgan fingerprint density at radius 2 is 1.00 bits per heavy atom. The minimum Gasteiger partial charge on any atom is -0.479 e. The van der Waals surface area contributed by atoms with Crippen LogP contribution >= 0.6 is 0 Å². The predicted molar refractivity (Wildman–Crippen MR) is 153 cm³/mol. The first-order chi connectivity index (χ1) is 19.6. The lowest BCUT2D eigenvalue weighted by molar-refractivity contribution is -0.156. The number of rotatable bonds is 12. The van der Waals surface area contributed by atoms with Gasteiger partial charge in [0.25, 0.3) is 11.8 Å². The first kappa shape index (κ1) is 32.9. The molecular weight excluding hydrogens is 544 g/mol. The molecule has 2 heterocycles. The van der Waals surface area contributed by atoms with Crippen molar-refractivity contribution in [3.05, 3.63) is 35.4 Å². The van der Waals surface area contributed by atoms with Gasteiger partial charge in [0.2, 0.25) is 11.1 Å². The summed E-state index contributed by atoms with van der Waals surface area (Å²) in [6.45, 7) is 7.53. The average Bonchev–Trinajstić information content (AvgIpc) is 3.57. The van der Waals surface area contributed by atoms with Crippen molar-refractivity contribution in [1.29, 1.82) is 0 Å². The minimum atomic E-state index is -2.09. The molecule has 4 atom stereocenters. The summed E-state index contributed by atoms with van der Waals surface area (Å²) in [5.41, 5.74) is 8.06. The maximum absolute atomic E-state index is 13.5. The van der Waals surface area contributed by atoms with Crippen LogP contribution in [0.3, 0.4) is 0 Å². The first-order valence-corrected chi connectivity index (χ1v) is 14.4. The maximum Gasteiger partial charge on any atom is 0.337 e. The third kappa shape index (κ3) is 5.82. The first-order valence-electron chi connectivity index (χ1n) is 14.4. The Kier molecular flexibility index (Phi) is 9.94. The molecule has 0 aliphatic carbocycles. The van der Waals surface area contributed by atoms with E-state index in [1.807, 2.05) is 27.7 Å². The third-order valence-electron chi connectivity index (χ3n) is 8.28. The fourth-order valence-electron chi connectivity index (χ4n) is 6.27. The molecule has 0 saturated carbocycles. The highest BCUT2D eigenvalue weighted by atomic mass is 16.4. The Morgan fingerprint density at radius 3 is 1.26 bits per heavy atom. The summed E-state index contributed by atoms with van der Waals surface area (Å²) in [7, 11) is 0. The normalized spacial score (nSPS) is 23.7. The number of benzene rings is 1. The molecule has 12 heteroatoms. The van der Waals surface area contributed by atoms with E-state index in [9.17, 15) is 39.0 Å². The topological polar surface area (TPSA) is 201 Å². The molecule has 0 bridgehead atoms. The number of hydrogen-bond donors (Lipinski definition) is 4. The number of nitrogens with two attached hydrogens (primary N) is 2. The van der Waals surface area contributed by atoms with E-state index in [0.717, 1.165) is 9.80 Å². The Balaban J connectivity index is 1.89. The Morgan fingerprint density at radius 1 is 0.690 bits per heavy atom. The number of amides is 2. The number of carboxylic acid groups (broad SMARTS) is 2. The molecule has 3 rings (SSSR count). The largest absolute Gasteiger partial charge is 0.479 e. The molecule has 0 spiro atoms. The van der Waals surface area contributed by atoms with E-state index in [0.29, 0.717) is 12.8 Å². The number of Topliss-reactive ketones (excluding diaryl/α,β-unsaturated/α-hetero) is 2. The zero-order chi connectivity index (χ0) is 31.6. The van der Waals surface area contributed by atoms with Gasteiger partial charge < -0.3 is 31.5 Å². The van der Waals surface area contributed by atoms with Crippen LogP contribution in [0.1, 0.15) is 86.9 Å². The monoisotopic (exact) mass is 586 g/mol. The van der Waals surface area contributed by atoms with E-state index in [-0.39, 0.29) is 61.7 Å². The van der Waals surface area contributed by atoms with Crippen molar-refractivity contribution in [1.82, 2.24) is 9.80 Å². The summed E-state index contributed by atoms with van der Waals surface area (Å²) in [4.78, 5) is 80.7. The predicted octanol–water partition coefficient (Wildman–Crippen LogP) is 1.69. The van der Waals surface area contributed by atoms with Crippen molar-refractivity contribution in [2.75, 3.05) is 13.1 Å². The van der Waals surface area contributed by atoms with E-state index >= 15 is 0 Å². The average molecular weight is 587 g/mol. The number of nitrogens with zero attached hydrogens (tertiary/aromatic N) is 2. The molecule has 1 aromatic rings. The van der Waals surface area contributed by atoms with E-state index in [1.54, 1.807) is 0 Å². The van der Waals surface area contributed by atoms with Gasteiger partial charge in [0.05, 0.1) is 12.1 Å². The standard InChI is InChI=1S/C30H42N4O8/c1-17(2)15-21(31)23(35)29(27(39)40)11-5-13-33(29)25(37)19-7-9-20(10-8-19)26(38)34-14-6-12-30(34,28(41)42)24(36)22(32)16-18(3)4/h7-10,17-18,21-22H,5-6,11-16,31-32H2,1-4H3,(H,39,40)(H,41,42)/t21-,22-,29+,30+/m0/s1. The molecule has 2 aliphatic heterocycles. The summed E-state index contributed by atoms with van der Waals surface area (Å²) in [5.74, 6) is -5.64. The second-order valence-electron chi connectivity index (χ2n) is 12.2.